The van der Waals surface area contributed by atoms with Gasteiger partial charge in [0.2, 0.25) is 0 Å². The molecule has 0 fully saturated rings. The van der Waals surface area contributed by atoms with Gasteiger partial charge in [-0.25, -0.2) is 8.42 Å². The molecule has 0 saturated heterocycles. The van der Waals surface area contributed by atoms with Crippen molar-refractivity contribution in [2.45, 2.75) is 57.9 Å². The molecule has 0 aliphatic carbocycles. The average molecular weight is 343 g/mol. The Morgan fingerprint density at radius 2 is 1.73 bits per heavy atom. The molecule has 0 aromatic rings. The number of alkyl halides is 3. The lowest BCUT2D eigenvalue weighted by molar-refractivity contribution is -0.788. The second-order valence-electron chi connectivity index (χ2n) is 5.09. The van der Waals surface area contributed by atoms with E-state index in [0.29, 0.717) is 0 Å². The molecule has 1 aliphatic heterocycles. The van der Waals surface area contributed by atoms with Gasteiger partial charge in [-0.1, -0.05) is 33.1 Å². The van der Waals surface area contributed by atoms with E-state index in [1.165, 1.54) is 50.6 Å². The average Bonchev–Trinajstić information content (AvgIpc) is 2.81. The van der Waals surface area contributed by atoms with E-state index < -0.39 is 15.6 Å². The summed E-state index contributed by atoms with van der Waals surface area (Å²) in [5, 5.41) is 0. The summed E-state index contributed by atoms with van der Waals surface area (Å²) in [4.78, 5) is 1.55. The SMILES string of the molecule is CCCCCC[NH+]1C=CC(CCC)=C1.O=S(=O)([O-])C(F)(F)F. The predicted molar refractivity (Wildman–Crippen MR) is 77.9 cm³/mol. The fourth-order valence-electron chi connectivity index (χ4n) is 1.90. The third-order valence-electron chi connectivity index (χ3n) is 3.02. The van der Waals surface area contributed by atoms with Gasteiger partial charge in [-0.3, -0.25) is 4.90 Å². The van der Waals surface area contributed by atoms with Gasteiger partial charge in [-0.15, -0.1) is 0 Å². The van der Waals surface area contributed by atoms with E-state index in [1.54, 1.807) is 4.90 Å². The third-order valence-corrected chi connectivity index (χ3v) is 3.59. The Kier molecular flexibility index (Phi) is 9.63. The molecule has 0 radical (unpaired) electrons. The number of halogens is 3. The smallest absolute Gasteiger partial charge is 0.485 e. The Morgan fingerprint density at radius 1 is 1.14 bits per heavy atom. The zero-order valence-corrected chi connectivity index (χ0v) is 13.8. The molecule has 1 rings (SSSR count). The summed E-state index contributed by atoms with van der Waals surface area (Å²) in [5.41, 5.74) is -4.12. The van der Waals surface area contributed by atoms with Crippen molar-refractivity contribution in [3.8, 4) is 0 Å². The normalized spacial score (nSPS) is 17.9. The van der Waals surface area contributed by atoms with Gasteiger partial charge in [-0.2, -0.15) is 13.2 Å². The van der Waals surface area contributed by atoms with Crippen molar-refractivity contribution < 1.29 is 31.0 Å². The summed E-state index contributed by atoms with van der Waals surface area (Å²) in [6.07, 6.45) is 15.0. The Balaban J connectivity index is 0.000000472. The number of quaternary nitrogens is 1. The minimum absolute atomic E-state index is 1.25. The van der Waals surface area contributed by atoms with Crippen LogP contribution in [0.4, 0.5) is 13.2 Å². The Morgan fingerprint density at radius 3 is 2.18 bits per heavy atom. The quantitative estimate of drug-likeness (QED) is 0.439. The van der Waals surface area contributed by atoms with Crippen LogP contribution in [-0.2, 0) is 10.1 Å². The van der Waals surface area contributed by atoms with Gasteiger partial charge < -0.3 is 4.55 Å². The molecule has 4 nitrogen and oxygen atoms in total. The summed E-state index contributed by atoms with van der Waals surface area (Å²) < 4.78 is 58.9. The zero-order valence-electron chi connectivity index (χ0n) is 12.9. The summed E-state index contributed by atoms with van der Waals surface area (Å²) in [5.74, 6) is 0. The van der Waals surface area contributed by atoms with Gasteiger partial charge >= 0.3 is 5.51 Å². The van der Waals surface area contributed by atoms with Crippen molar-refractivity contribution >= 4 is 10.1 Å². The van der Waals surface area contributed by atoms with Crippen LogP contribution in [0, 0.1) is 0 Å². The second-order valence-corrected chi connectivity index (χ2v) is 6.46. The molecule has 1 atom stereocenters. The number of allylic oxidation sites excluding steroid dienone is 2. The number of hydrogen-bond acceptors (Lipinski definition) is 3. The van der Waals surface area contributed by atoms with Crippen LogP contribution in [0.1, 0.15) is 52.4 Å². The fourth-order valence-corrected chi connectivity index (χ4v) is 1.90. The summed E-state index contributed by atoms with van der Waals surface area (Å²) in [7, 11) is -6.09. The molecule has 130 valence electrons. The molecule has 22 heavy (non-hydrogen) atoms. The standard InChI is InChI=1S/C13H23N.CHF3O3S/c1-3-5-6-7-10-14-11-9-13(12-14)8-4-2;2-1(3,4)8(5,6)7/h9,11-12H,3-8,10H2,1-2H3;(H,5,6,7). The fraction of sp³-hybridized carbons (Fsp3) is 0.714. The van der Waals surface area contributed by atoms with Crippen LogP contribution in [0.5, 0.6) is 0 Å². The van der Waals surface area contributed by atoms with Crippen molar-refractivity contribution in [2.24, 2.45) is 0 Å². The highest BCUT2D eigenvalue weighted by Crippen LogP contribution is 2.20. The van der Waals surface area contributed by atoms with Crippen LogP contribution in [0.25, 0.3) is 0 Å². The molecular weight excluding hydrogens is 319 g/mol. The molecule has 1 aliphatic rings. The lowest BCUT2D eigenvalue weighted by atomic mass is 10.2. The summed E-state index contributed by atoms with van der Waals surface area (Å²) in [6, 6.07) is 0. The van der Waals surface area contributed by atoms with Crippen LogP contribution in [0.15, 0.2) is 24.0 Å². The first-order valence-corrected chi connectivity index (χ1v) is 8.79. The highest BCUT2D eigenvalue weighted by Gasteiger charge is 2.36. The lowest BCUT2D eigenvalue weighted by Crippen LogP contribution is -3.01. The molecule has 1 heterocycles. The van der Waals surface area contributed by atoms with Crippen LogP contribution < -0.4 is 4.90 Å². The Bertz CT molecular complexity index is 470. The van der Waals surface area contributed by atoms with Crippen LogP contribution >= 0.6 is 0 Å². The lowest BCUT2D eigenvalue weighted by Gasteiger charge is -2.08. The van der Waals surface area contributed by atoms with Crippen LogP contribution in [-0.4, -0.2) is 25.0 Å². The van der Waals surface area contributed by atoms with E-state index in [1.807, 2.05) is 0 Å². The number of unbranched alkanes of at least 4 members (excludes halogenated alkanes) is 3. The van der Waals surface area contributed by atoms with Crippen molar-refractivity contribution in [1.29, 1.82) is 0 Å². The molecule has 0 spiro atoms. The Labute approximate surface area is 130 Å². The number of rotatable bonds is 7. The molecule has 0 amide bonds. The second kappa shape index (κ2) is 10.0. The summed E-state index contributed by atoms with van der Waals surface area (Å²) >= 11 is 0. The molecule has 0 saturated carbocycles. The molecule has 1 N–H and O–H groups in total. The van der Waals surface area contributed by atoms with E-state index in [-0.39, 0.29) is 0 Å². The molecule has 0 aromatic heterocycles. The maximum Gasteiger partial charge on any atom is 0.485 e. The van der Waals surface area contributed by atoms with Crippen molar-refractivity contribution in [3.63, 3.8) is 0 Å². The number of nitrogens with one attached hydrogen (secondary N) is 1. The van der Waals surface area contributed by atoms with Gasteiger partial charge in [0.15, 0.2) is 10.1 Å². The topological polar surface area (TPSA) is 61.6 Å². The van der Waals surface area contributed by atoms with E-state index in [0.717, 1.165) is 0 Å². The zero-order chi connectivity index (χ0) is 17.2. The van der Waals surface area contributed by atoms with Crippen LogP contribution in [0.3, 0.4) is 0 Å². The van der Waals surface area contributed by atoms with E-state index in [4.69, 9.17) is 13.0 Å². The van der Waals surface area contributed by atoms with Gasteiger partial charge in [0.25, 0.3) is 0 Å². The van der Waals surface area contributed by atoms with Gasteiger partial charge in [0, 0.05) is 11.6 Å². The highest BCUT2D eigenvalue weighted by molar-refractivity contribution is 7.86. The molecular formula is C14H24F3NO3S. The first kappa shape index (κ1) is 21.1. The maximum atomic E-state index is 10.7. The first-order valence-electron chi connectivity index (χ1n) is 7.38. The predicted octanol–water partition coefficient (Wildman–Crippen LogP) is 2.71. The van der Waals surface area contributed by atoms with E-state index >= 15 is 0 Å². The van der Waals surface area contributed by atoms with Crippen molar-refractivity contribution in [1.82, 2.24) is 0 Å². The largest absolute Gasteiger partial charge is 0.741 e. The molecule has 0 aromatic carbocycles. The minimum atomic E-state index is -6.09. The maximum absolute atomic E-state index is 10.7. The monoisotopic (exact) mass is 343 g/mol. The molecule has 0 bridgehead atoms. The van der Waals surface area contributed by atoms with Gasteiger partial charge in [0.1, 0.15) is 6.20 Å². The van der Waals surface area contributed by atoms with Gasteiger partial charge in [0.05, 0.1) is 12.7 Å². The highest BCUT2D eigenvalue weighted by atomic mass is 32.2. The first-order chi connectivity index (χ1) is 10.1. The summed E-state index contributed by atoms with van der Waals surface area (Å²) in [6.45, 7) is 5.79. The third kappa shape index (κ3) is 9.22. The van der Waals surface area contributed by atoms with Crippen molar-refractivity contribution in [2.75, 3.05) is 6.54 Å². The van der Waals surface area contributed by atoms with Crippen LogP contribution in [0.2, 0.25) is 0 Å². The minimum Gasteiger partial charge on any atom is -0.741 e. The molecule has 1 unspecified atom stereocenters. The number of hydrogen-bond donors (Lipinski definition) is 1. The Hall–Kier alpha value is -0.860. The van der Waals surface area contributed by atoms with Crippen molar-refractivity contribution in [3.05, 3.63) is 24.0 Å². The molecule has 8 heteroatoms. The van der Waals surface area contributed by atoms with Gasteiger partial charge in [-0.05, 0) is 19.3 Å². The van der Waals surface area contributed by atoms with E-state index in [2.05, 4.69) is 32.3 Å². The van der Waals surface area contributed by atoms with E-state index in [9.17, 15) is 13.2 Å².